The van der Waals surface area contributed by atoms with Crippen LogP contribution in [0.3, 0.4) is 0 Å². The van der Waals surface area contributed by atoms with Crippen LogP contribution in [0.25, 0.3) is 0 Å². The molecule has 0 aliphatic rings. The standard InChI is InChI=1S/C11H19BrO2/c1-5-10(14-4)11(13)9(3)6-8(2)7-12/h5-6,9-11,13H,1,7H2,2-4H3/b8-6-/t9-,10+,11+/m1/s1. The van der Waals surface area contributed by atoms with E-state index in [9.17, 15) is 5.11 Å². The third-order valence-electron chi connectivity index (χ3n) is 2.14. The van der Waals surface area contributed by atoms with Gasteiger partial charge >= 0.3 is 0 Å². The summed E-state index contributed by atoms with van der Waals surface area (Å²) >= 11 is 3.36. The molecular weight excluding hydrogens is 244 g/mol. The van der Waals surface area contributed by atoms with Crippen LogP contribution in [-0.2, 0) is 4.74 Å². The second kappa shape index (κ2) is 7.21. The van der Waals surface area contributed by atoms with Gasteiger partial charge in [0.1, 0.15) is 6.10 Å². The third-order valence-corrected chi connectivity index (χ3v) is 3.02. The van der Waals surface area contributed by atoms with Crippen LogP contribution in [0.5, 0.6) is 0 Å². The third kappa shape index (κ3) is 4.40. The highest BCUT2D eigenvalue weighted by Crippen LogP contribution is 2.14. The first kappa shape index (κ1) is 13.9. The molecule has 0 fully saturated rings. The number of alkyl halides is 1. The lowest BCUT2D eigenvalue weighted by Crippen LogP contribution is -2.31. The molecule has 14 heavy (non-hydrogen) atoms. The number of aliphatic hydroxyl groups excluding tert-OH is 1. The fraction of sp³-hybridized carbons (Fsp3) is 0.636. The minimum absolute atomic E-state index is 0.0653. The molecule has 0 aromatic carbocycles. The Bertz CT molecular complexity index is 201. The Kier molecular flexibility index (Phi) is 7.15. The highest BCUT2D eigenvalue weighted by atomic mass is 79.9. The highest BCUT2D eigenvalue weighted by molar-refractivity contribution is 9.09. The molecule has 0 aromatic heterocycles. The Morgan fingerprint density at radius 2 is 2.21 bits per heavy atom. The summed E-state index contributed by atoms with van der Waals surface area (Å²) in [4.78, 5) is 0. The molecular formula is C11H19BrO2. The summed E-state index contributed by atoms with van der Waals surface area (Å²) in [6.07, 6.45) is 2.82. The normalized spacial score (nSPS) is 18.8. The van der Waals surface area contributed by atoms with E-state index in [-0.39, 0.29) is 12.0 Å². The van der Waals surface area contributed by atoms with E-state index in [0.29, 0.717) is 0 Å². The fourth-order valence-corrected chi connectivity index (χ4v) is 1.45. The van der Waals surface area contributed by atoms with Crippen molar-refractivity contribution < 1.29 is 9.84 Å². The Morgan fingerprint density at radius 3 is 2.57 bits per heavy atom. The summed E-state index contributed by atoms with van der Waals surface area (Å²) in [5, 5.41) is 10.7. The largest absolute Gasteiger partial charge is 0.389 e. The molecule has 3 heteroatoms. The summed E-state index contributed by atoms with van der Waals surface area (Å²) in [6.45, 7) is 7.61. The van der Waals surface area contributed by atoms with Gasteiger partial charge in [0.05, 0.1) is 6.10 Å². The van der Waals surface area contributed by atoms with Gasteiger partial charge in [-0.05, 0) is 6.92 Å². The summed E-state index contributed by atoms with van der Waals surface area (Å²) in [6, 6.07) is 0. The Balaban J connectivity index is 4.36. The van der Waals surface area contributed by atoms with Gasteiger partial charge in [-0.2, -0.15) is 0 Å². The van der Waals surface area contributed by atoms with Crippen molar-refractivity contribution in [2.24, 2.45) is 5.92 Å². The zero-order valence-electron chi connectivity index (χ0n) is 9.03. The number of hydrogen-bond donors (Lipinski definition) is 1. The van der Waals surface area contributed by atoms with E-state index in [1.165, 1.54) is 5.57 Å². The van der Waals surface area contributed by atoms with Crippen LogP contribution in [-0.4, -0.2) is 29.8 Å². The Labute approximate surface area is 94.8 Å². The van der Waals surface area contributed by atoms with Crippen LogP contribution in [0.15, 0.2) is 24.3 Å². The van der Waals surface area contributed by atoms with Gasteiger partial charge in [-0.3, -0.25) is 0 Å². The van der Waals surface area contributed by atoms with Crippen molar-refractivity contribution in [3.05, 3.63) is 24.3 Å². The van der Waals surface area contributed by atoms with E-state index in [2.05, 4.69) is 22.5 Å². The van der Waals surface area contributed by atoms with Gasteiger partial charge in [-0.25, -0.2) is 0 Å². The van der Waals surface area contributed by atoms with Gasteiger partial charge < -0.3 is 9.84 Å². The lowest BCUT2D eigenvalue weighted by molar-refractivity contribution is -0.00151. The number of rotatable bonds is 6. The second-order valence-electron chi connectivity index (χ2n) is 3.43. The SMILES string of the molecule is C=C[C@H](OC)[C@@H](O)[C@H](C)/C=C(/C)CBr. The summed E-state index contributed by atoms with van der Waals surface area (Å²) < 4.78 is 5.09. The molecule has 0 aromatic rings. The Morgan fingerprint density at radius 1 is 1.64 bits per heavy atom. The first-order valence-corrected chi connectivity index (χ1v) is 5.75. The molecule has 0 aliphatic heterocycles. The molecule has 0 amide bonds. The van der Waals surface area contributed by atoms with Gasteiger partial charge in [-0.15, -0.1) is 6.58 Å². The first-order valence-electron chi connectivity index (χ1n) is 4.63. The maximum absolute atomic E-state index is 9.87. The van der Waals surface area contributed by atoms with Crippen molar-refractivity contribution in [3.8, 4) is 0 Å². The number of allylic oxidation sites excluding steroid dienone is 1. The number of ether oxygens (including phenoxy) is 1. The van der Waals surface area contributed by atoms with Crippen LogP contribution in [0, 0.1) is 5.92 Å². The van der Waals surface area contributed by atoms with E-state index in [1.807, 2.05) is 19.9 Å². The van der Waals surface area contributed by atoms with Crippen LogP contribution in [0.4, 0.5) is 0 Å². The van der Waals surface area contributed by atoms with Gasteiger partial charge in [-0.1, -0.05) is 40.6 Å². The summed E-state index contributed by atoms with van der Waals surface area (Å²) in [7, 11) is 1.57. The van der Waals surface area contributed by atoms with Gasteiger partial charge in [0, 0.05) is 18.4 Å². The molecule has 0 bridgehead atoms. The first-order chi connectivity index (χ1) is 6.56. The summed E-state index contributed by atoms with van der Waals surface area (Å²) in [5.74, 6) is 0.0653. The predicted octanol–water partition coefficient (Wildman–Crippen LogP) is 2.53. The van der Waals surface area contributed by atoms with Crippen LogP contribution >= 0.6 is 15.9 Å². The van der Waals surface area contributed by atoms with E-state index in [0.717, 1.165) is 5.33 Å². The number of hydrogen-bond acceptors (Lipinski definition) is 2. The molecule has 1 N–H and O–H groups in total. The molecule has 0 saturated heterocycles. The Hall–Kier alpha value is -0.120. The number of aliphatic hydroxyl groups is 1. The predicted molar refractivity (Wildman–Crippen MR) is 63.7 cm³/mol. The molecule has 0 spiro atoms. The average molecular weight is 263 g/mol. The van der Waals surface area contributed by atoms with Crippen LogP contribution < -0.4 is 0 Å². The maximum Gasteiger partial charge on any atom is 0.101 e. The van der Waals surface area contributed by atoms with Gasteiger partial charge in [0.2, 0.25) is 0 Å². The molecule has 0 heterocycles. The number of halogens is 1. The van der Waals surface area contributed by atoms with E-state index >= 15 is 0 Å². The smallest absolute Gasteiger partial charge is 0.101 e. The monoisotopic (exact) mass is 262 g/mol. The van der Waals surface area contributed by atoms with Crippen molar-refractivity contribution in [3.63, 3.8) is 0 Å². The molecule has 0 unspecified atom stereocenters. The second-order valence-corrected chi connectivity index (χ2v) is 3.99. The molecule has 0 aliphatic carbocycles. The highest BCUT2D eigenvalue weighted by Gasteiger charge is 2.20. The maximum atomic E-state index is 9.87. The van der Waals surface area contributed by atoms with E-state index < -0.39 is 6.10 Å². The fourth-order valence-electron chi connectivity index (χ4n) is 1.27. The van der Waals surface area contributed by atoms with Crippen LogP contribution in [0.2, 0.25) is 0 Å². The molecule has 82 valence electrons. The van der Waals surface area contributed by atoms with Crippen molar-refractivity contribution in [1.29, 1.82) is 0 Å². The van der Waals surface area contributed by atoms with Gasteiger partial charge in [0.25, 0.3) is 0 Å². The lowest BCUT2D eigenvalue weighted by Gasteiger charge is -2.22. The minimum atomic E-state index is -0.536. The quantitative estimate of drug-likeness (QED) is 0.589. The van der Waals surface area contributed by atoms with Crippen LogP contribution in [0.1, 0.15) is 13.8 Å². The van der Waals surface area contributed by atoms with Gasteiger partial charge in [0.15, 0.2) is 0 Å². The van der Waals surface area contributed by atoms with E-state index in [4.69, 9.17) is 4.74 Å². The topological polar surface area (TPSA) is 29.5 Å². The molecule has 3 atom stereocenters. The number of methoxy groups -OCH3 is 1. The van der Waals surface area contributed by atoms with Crippen molar-refractivity contribution in [2.75, 3.05) is 12.4 Å². The zero-order chi connectivity index (χ0) is 11.1. The van der Waals surface area contributed by atoms with Crippen molar-refractivity contribution in [1.82, 2.24) is 0 Å². The molecule has 2 nitrogen and oxygen atoms in total. The van der Waals surface area contributed by atoms with E-state index in [1.54, 1.807) is 13.2 Å². The zero-order valence-corrected chi connectivity index (χ0v) is 10.6. The molecule has 0 saturated carbocycles. The molecule has 0 rings (SSSR count). The van der Waals surface area contributed by atoms with Crippen molar-refractivity contribution >= 4 is 15.9 Å². The van der Waals surface area contributed by atoms with Crippen molar-refractivity contribution in [2.45, 2.75) is 26.1 Å². The lowest BCUT2D eigenvalue weighted by atomic mass is 9.97. The molecule has 0 radical (unpaired) electrons. The average Bonchev–Trinajstić information content (AvgIpc) is 2.19. The minimum Gasteiger partial charge on any atom is -0.389 e. The summed E-state index contributed by atoms with van der Waals surface area (Å²) in [5.41, 5.74) is 1.20.